The number of carbonyl (C=O) groups excluding carboxylic acids is 1. The third-order valence-corrected chi connectivity index (χ3v) is 4.01. The lowest BCUT2D eigenvalue weighted by molar-refractivity contribution is -0.117. The zero-order valence-corrected chi connectivity index (χ0v) is 11.8. The van der Waals surface area contributed by atoms with E-state index in [1.165, 1.54) is 0 Å². The van der Waals surface area contributed by atoms with Gasteiger partial charge in [-0.05, 0) is 54.2 Å². The fourth-order valence-corrected chi connectivity index (χ4v) is 2.89. The second kappa shape index (κ2) is 5.96. The number of hydrogen-bond acceptors (Lipinski definition) is 2. The van der Waals surface area contributed by atoms with E-state index in [9.17, 15) is 9.90 Å². The van der Waals surface area contributed by atoms with Crippen molar-refractivity contribution in [1.82, 2.24) is 0 Å². The number of benzene rings is 2. The van der Waals surface area contributed by atoms with E-state index in [-0.39, 0.29) is 17.5 Å². The minimum absolute atomic E-state index is 0.0108. The Hall–Kier alpha value is -2.35. The molecule has 0 radical (unpaired) electrons. The van der Waals surface area contributed by atoms with Crippen molar-refractivity contribution in [3.63, 3.8) is 0 Å². The van der Waals surface area contributed by atoms with Gasteiger partial charge >= 0.3 is 0 Å². The molecule has 0 unspecified atom stereocenters. The van der Waals surface area contributed by atoms with Gasteiger partial charge in [-0.1, -0.05) is 42.5 Å². The van der Waals surface area contributed by atoms with Gasteiger partial charge in [0.15, 0.2) is 5.78 Å². The third kappa shape index (κ3) is 3.05. The summed E-state index contributed by atoms with van der Waals surface area (Å²) in [5.74, 6) is 0.470. The number of phenols is 1. The first-order valence-electron chi connectivity index (χ1n) is 7.33. The van der Waals surface area contributed by atoms with Gasteiger partial charge < -0.3 is 5.11 Å². The average molecular weight is 278 g/mol. The summed E-state index contributed by atoms with van der Waals surface area (Å²) in [4.78, 5) is 12.7. The third-order valence-electron chi connectivity index (χ3n) is 4.01. The SMILES string of the molecule is O=C1/C(=C/c2ccc(O)cc2)CCC[C@H]1c1ccccc1. The standard InChI is InChI=1S/C19H18O2/c20-17-11-9-14(10-12-17)13-16-7-4-8-18(19(16)21)15-5-2-1-3-6-15/h1-3,5-6,9-13,18,20H,4,7-8H2/b16-13+/t18-/m0/s1. The Morgan fingerprint density at radius 1 is 1.00 bits per heavy atom. The van der Waals surface area contributed by atoms with E-state index in [1.54, 1.807) is 12.1 Å². The van der Waals surface area contributed by atoms with Crippen LogP contribution in [0, 0.1) is 0 Å². The van der Waals surface area contributed by atoms with E-state index in [4.69, 9.17) is 0 Å². The maximum Gasteiger partial charge on any atom is 0.166 e. The van der Waals surface area contributed by atoms with Crippen LogP contribution in [0.5, 0.6) is 5.75 Å². The number of phenolic OH excluding ortho intramolecular Hbond substituents is 1. The van der Waals surface area contributed by atoms with Crippen LogP contribution in [0.1, 0.15) is 36.3 Å². The highest BCUT2D eigenvalue weighted by Crippen LogP contribution is 2.33. The number of rotatable bonds is 2. The van der Waals surface area contributed by atoms with E-state index < -0.39 is 0 Å². The number of ketones is 1. The number of aromatic hydroxyl groups is 1. The quantitative estimate of drug-likeness (QED) is 0.831. The molecule has 2 aromatic rings. The molecule has 0 saturated heterocycles. The summed E-state index contributed by atoms with van der Waals surface area (Å²) in [6.45, 7) is 0. The average Bonchev–Trinajstić information content (AvgIpc) is 2.52. The van der Waals surface area contributed by atoms with E-state index in [0.29, 0.717) is 0 Å². The molecular weight excluding hydrogens is 260 g/mol. The van der Waals surface area contributed by atoms with Crippen molar-refractivity contribution < 1.29 is 9.90 Å². The first-order valence-corrected chi connectivity index (χ1v) is 7.33. The minimum atomic E-state index is -0.0108. The van der Waals surface area contributed by atoms with E-state index in [2.05, 4.69) is 0 Å². The molecule has 1 N–H and O–H groups in total. The lowest BCUT2D eigenvalue weighted by atomic mass is 9.79. The van der Waals surface area contributed by atoms with Crippen LogP contribution >= 0.6 is 0 Å². The summed E-state index contributed by atoms with van der Waals surface area (Å²) >= 11 is 0. The van der Waals surface area contributed by atoms with Gasteiger partial charge in [-0.2, -0.15) is 0 Å². The Morgan fingerprint density at radius 2 is 1.71 bits per heavy atom. The second-order valence-electron chi connectivity index (χ2n) is 5.48. The molecule has 1 fully saturated rings. The van der Waals surface area contributed by atoms with Crippen LogP contribution in [0.25, 0.3) is 6.08 Å². The van der Waals surface area contributed by atoms with Crippen molar-refractivity contribution in [3.8, 4) is 5.75 Å². The first-order chi connectivity index (χ1) is 10.2. The van der Waals surface area contributed by atoms with Gasteiger partial charge in [-0.25, -0.2) is 0 Å². The predicted molar refractivity (Wildman–Crippen MR) is 84.1 cm³/mol. The monoisotopic (exact) mass is 278 g/mol. The molecule has 2 aromatic carbocycles. The van der Waals surface area contributed by atoms with Crippen molar-refractivity contribution in [2.75, 3.05) is 0 Å². The Morgan fingerprint density at radius 3 is 2.43 bits per heavy atom. The van der Waals surface area contributed by atoms with Gasteiger partial charge in [-0.15, -0.1) is 0 Å². The number of allylic oxidation sites excluding steroid dienone is 1. The molecule has 1 saturated carbocycles. The molecule has 106 valence electrons. The van der Waals surface area contributed by atoms with Gasteiger partial charge in [0.05, 0.1) is 0 Å². The Labute approximate surface area is 124 Å². The molecule has 0 aromatic heterocycles. The lowest BCUT2D eigenvalue weighted by Gasteiger charge is -2.23. The van der Waals surface area contributed by atoms with Crippen LogP contribution in [-0.4, -0.2) is 10.9 Å². The Bertz CT molecular complexity index is 654. The molecule has 1 atom stereocenters. The molecule has 0 amide bonds. The molecule has 0 aliphatic heterocycles. The number of Topliss-reactive ketones (excluding diaryl/α,β-unsaturated/α-hetero) is 1. The molecule has 0 spiro atoms. The summed E-state index contributed by atoms with van der Waals surface area (Å²) in [6, 6.07) is 17.0. The lowest BCUT2D eigenvalue weighted by Crippen LogP contribution is -2.19. The topological polar surface area (TPSA) is 37.3 Å². The summed E-state index contributed by atoms with van der Waals surface area (Å²) in [7, 11) is 0. The van der Waals surface area contributed by atoms with Gasteiger partial charge in [0.2, 0.25) is 0 Å². The highest BCUT2D eigenvalue weighted by atomic mass is 16.3. The molecule has 0 heterocycles. The maximum absolute atomic E-state index is 12.7. The molecule has 0 bridgehead atoms. The van der Waals surface area contributed by atoms with Crippen LogP contribution < -0.4 is 0 Å². The molecule has 3 rings (SSSR count). The van der Waals surface area contributed by atoms with Crippen LogP contribution in [0.2, 0.25) is 0 Å². The van der Waals surface area contributed by atoms with Gasteiger partial charge in [0.1, 0.15) is 5.75 Å². The van der Waals surface area contributed by atoms with E-state index >= 15 is 0 Å². The van der Waals surface area contributed by atoms with Gasteiger partial charge in [0.25, 0.3) is 0 Å². The fraction of sp³-hybridized carbons (Fsp3) is 0.211. The zero-order chi connectivity index (χ0) is 14.7. The van der Waals surface area contributed by atoms with Crippen molar-refractivity contribution in [2.45, 2.75) is 25.2 Å². The summed E-state index contributed by atoms with van der Waals surface area (Å²) in [5, 5.41) is 9.32. The molecule has 1 aliphatic rings. The summed E-state index contributed by atoms with van der Waals surface area (Å²) in [5.41, 5.74) is 2.96. The Balaban J connectivity index is 1.87. The van der Waals surface area contributed by atoms with Crippen molar-refractivity contribution >= 4 is 11.9 Å². The minimum Gasteiger partial charge on any atom is -0.508 e. The van der Waals surface area contributed by atoms with E-state index in [0.717, 1.165) is 36.0 Å². The van der Waals surface area contributed by atoms with Crippen LogP contribution in [0.3, 0.4) is 0 Å². The van der Waals surface area contributed by atoms with Gasteiger partial charge in [-0.3, -0.25) is 4.79 Å². The van der Waals surface area contributed by atoms with Crippen LogP contribution in [-0.2, 0) is 4.79 Å². The highest BCUT2D eigenvalue weighted by Gasteiger charge is 2.27. The molecule has 2 heteroatoms. The fourth-order valence-electron chi connectivity index (χ4n) is 2.89. The number of hydrogen-bond donors (Lipinski definition) is 1. The molecule has 2 nitrogen and oxygen atoms in total. The van der Waals surface area contributed by atoms with Crippen molar-refractivity contribution in [3.05, 3.63) is 71.3 Å². The molecular formula is C19H18O2. The molecule has 1 aliphatic carbocycles. The van der Waals surface area contributed by atoms with Crippen molar-refractivity contribution in [2.24, 2.45) is 0 Å². The predicted octanol–water partition coefficient (Wildman–Crippen LogP) is 4.31. The summed E-state index contributed by atoms with van der Waals surface area (Å²) in [6.07, 6.45) is 4.75. The first kappa shape index (κ1) is 13.6. The normalized spacial score (nSPS) is 20.7. The second-order valence-corrected chi connectivity index (χ2v) is 5.48. The summed E-state index contributed by atoms with van der Waals surface area (Å²) < 4.78 is 0. The number of carbonyl (C=O) groups is 1. The van der Waals surface area contributed by atoms with Gasteiger partial charge in [0, 0.05) is 5.92 Å². The highest BCUT2D eigenvalue weighted by molar-refractivity contribution is 6.04. The zero-order valence-electron chi connectivity index (χ0n) is 11.8. The van der Waals surface area contributed by atoms with Crippen molar-refractivity contribution in [1.29, 1.82) is 0 Å². The molecule has 21 heavy (non-hydrogen) atoms. The van der Waals surface area contributed by atoms with Crippen LogP contribution in [0.4, 0.5) is 0 Å². The van der Waals surface area contributed by atoms with Crippen LogP contribution in [0.15, 0.2) is 60.2 Å². The smallest absolute Gasteiger partial charge is 0.166 e. The largest absolute Gasteiger partial charge is 0.508 e. The maximum atomic E-state index is 12.7. The Kier molecular flexibility index (Phi) is 3.87. The van der Waals surface area contributed by atoms with E-state index in [1.807, 2.05) is 48.5 Å².